The normalized spacial score (nSPS) is 10.7. The van der Waals surface area contributed by atoms with Gasteiger partial charge in [0.2, 0.25) is 5.95 Å². The number of anilines is 1. The Bertz CT molecular complexity index is 504. The molecule has 0 aliphatic carbocycles. The summed E-state index contributed by atoms with van der Waals surface area (Å²) in [6, 6.07) is 5.83. The molecule has 0 aliphatic heterocycles. The molecular formula is C12H13BrFN3. The third-order valence-corrected chi connectivity index (χ3v) is 3.11. The van der Waals surface area contributed by atoms with E-state index in [9.17, 15) is 4.39 Å². The number of aromatic nitrogens is 2. The second-order valence-electron chi connectivity index (χ2n) is 3.69. The summed E-state index contributed by atoms with van der Waals surface area (Å²) in [7, 11) is 0. The fourth-order valence-electron chi connectivity index (χ4n) is 1.52. The molecule has 1 N–H and O–H groups in total. The van der Waals surface area contributed by atoms with Crippen LogP contribution in [-0.2, 0) is 0 Å². The molecule has 2 rings (SSSR count). The fraction of sp³-hybridized carbons (Fsp3) is 0.333. The molecule has 0 aliphatic rings. The van der Waals surface area contributed by atoms with Crippen LogP contribution in [0.2, 0.25) is 0 Å². The van der Waals surface area contributed by atoms with E-state index in [1.54, 1.807) is 6.20 Å². The van der Waals surface area contributed by atoms with Crippen LogP contribution in [0.25, 0.3) is 10.9 Å². The number of hydrogen-bond donors (Lipinski definition) is 1. The molecule has 0 fully saturated rings. The molecule has 90 valence electrons. The highest BCUT2D eigenvalue weighted by molar-refractivity contribution is 9.10. The third-order valence-electron chi connectivity index (χ3n) is 2.42. The number of nitrogens with one attached hydrogen (secondary N) is 1. The zero-order valence-corrected chi connectivity index (χ0v) is 10.9. The minimum atomic E-state index is -0.271. The zero-order valence-electron chi connectivity index (χ0n) is 9.29. The van der Waals surface area contributed by atoms with Crippen LogP contribution in [0.1, 0.15) is 12.8 Å². The van der Waals surface area contributed by atoms with Crippen LogP contribution in [0.4, 0.5) is 10.3 Å². The Kier molecular flexibility index (Phi) is 4.25. The molecule has 3 nitrogen and oxygen atoms in total. The number of rotatable bonds is 5. The minimum absolute atomic E-state index is 0.271. The Morgan fingerprint density at radius 2 is 2.18 bits per heavy atom. The van der Waals surface area contributed by atoms with Crippen molar-refractivity contribution in [1.82, 2.24) is 9.97 Å². The number of hydrogen-bond acceptors (Lipinski definition) is 3. The SMILES string of the molecule is FCCCCNc1ncc2c(Br)cccc2n1. The van der Waals surface area contributed by atoms with Crippen LogP contribution in [0.3, 0.4) is 0 Å². The van der Waals surface area contributed by atoms with Gasteiger partial charge in [-0.25, -0.2) is 9.97 Å². The molecule has 1 heterocycles. The third kappa shape index (κ3) is 3.12. The first-order valence-electron chi connectivity index (χ1n) is 5.52. The first kappa shape index (κ1) is 12.2. The maximum Gasteiger partial charge on any atom is 0.223 e. The smallest absolute Gasteiger partial charge is 0.223 e. The van der Waals surface area contributed by atoms with Gasteiger partial charge in [-0.3, -0.25) is 4.39 Å². The molecule has 0 saturated heterocycles. The van der Waals surface area contributed by atoms with Crippen molar-refractivity contribution in [3.8, 4) is 0 Å². The molecule has 1 aromatic heterocycles. The summed E-state index contributed by atoms with van der Waals surface area (Å²) in [4.78, 5) is 8.61. The van der Waals surface area contributed by atoms with E-state index in [-0.39, 0.29) is 6.67 Å². The van der Waals surface area contributed by atoms with Crippen LogP contribution in [0, 0.1) is 0 Å². The van der Waals surface area contributed by atoms with Gasteiger partial charge >= 0.3 is 0 Å². The molecule has 5 heteroatoms. The van der Waals surface area contributed by atoms with E-state index >= 15 is 0 Å². The predicted molar refractivity (Wildman–Crippen MR) is 70.9 cm³/mol. The van der Waals surface area contributed by atoms with Gasteiger partial charge in [0.1, 0.15) is 0 Å². The molecule has 1 aromatic carbocycles. The van der Waals surface area contributed by atoms with Crippen LogP contribution in [0.15, 0.2) is 28.9 Å². The summed E-state index contributed by atoms with van der Waals surface area (Å²) in [5.41, 5.74) is 0.891. The van der Waals surface area contributed by atoms with Gasteiger partial charge in [0, 0.05) is 22.6 Å². The first-order valence-corrected chi connectivity index (χ1v) is 6.31. The number of fused-ring (bicyclic) bond motifs is 1. The molecule has 0 bridgehead atoms. The molecular weight excluding hydrogens is 285 g/mol. The molecule has 0 atom stereocenters. The maximum atomic E-state index is 11.9. The Labute approximate surface area is 108 Å². The highest BCUT2D eigenvalue weighted by Crippen LogP contribution is 2.22. The lowest BCUT2D eigenvalue weighted by molar-refractivity contribution is 0.466. The standard InChI is InChI=1S/C12H13BrFN3/c13-10-4-3-5-11-9(10)8-16-12(17-11)15-7-2-1-6-14/h3-5,8H,1-2,6-7H2,(H,15,16,17). The molecule has 0 saturated carbocycles. The van der Waals surface area contributed by atoms with E-state index < -0.39 is 0 Å². The van der Waals surface area contributed by atoms with Crippen LogP contribution in [-0.4, -0.2) is 23.2 Å². The molecule has 0 radical (unpaired) electrons. The quantitative estimate of drug-likeness (QED) is 0.858. The highest BCUT2D eigenvalue weighted by Gasteiger charge is 2.01. The number of nitrogens with zero attached hydrogens (tertiary/aromatic N) is 2. The number of unbranched alkanes of at least 4 members (excludes halogenated alkanes) is 1. The van der Waals surface area contributed by atoms with Crippen LogP contribution < -0.4 is 5.32 Å². The van der Waals surface area contributed by atoms with E-state index in [0.29, 0.717) is 18.9 Å². The monoisotopic (exact) mass is 297 g/mol. The summed E-state index contributed by atoms with van der Waals surface area (Å²) >= 11 is 3.45. The van der Waals surface area contributed by atoms with Crippen molar-refractivity contribution >= 4 is 32.8 Å². The van der Waals surface area contributed by atoms with Crippen molar-refractivity contribution in [2.24, 2.45) is 0 Å². The van der Waals surface area contributed by atoms with Crippen LogP contribution in [0.5, 0.6) is 0 Å². The Morgan fingerprint density at radius 1 is 1.29 bits per heavy atom. The van der Waals surface area contributed by atoms with E-state index in [1.807, 2.05) is 18.2 Å². The molecule has 0 unspecified atom stereocenters. The average molecular weight is 298 g/mol. The van der Waals surface area contributed by atoms with E-state index in [2.05, 4.69) is 31.2 Å². The van der Waals surface area contributed by atoms with E-state index in [0.717, 1.165) is 21.8 Å². The Morgan fingerprint density at radius 3 is 3.00 bits per heavy atom. The second-order valence-corrected chi connectivity index (χ2v) is 4.54. The van der Waals surface area contributed by atoms with Crippen molar-refractivity contribution in [3.05, 3.63) is 28.9 Å². The second kappa shape index (κ2) is 5.91. The summed E-state index contributed by atoms with van der Waals surface area (Å²) < 4.78 is 12.9. The van der Waals surface area contributed by atoms with Gasteiger partial charge in [0.05, 0.1) is 12.2 Å². The van der Waals surface area contributed by atoms with Crippen molar-refractivity contribution in [1.29, 1.82) is 0 Å². The summed E-state index contributed by atoms with van der Waals surface area (Å²) in [5.74, 6) is 0.592. The Hall–Kier alpha value is -1.23. The molecule has 2 aromatic rings. The van der Waals surface area contributed by atoms with Crippen molar-refractivity contribution in [2.45, 2.75) is 12.8 Å². The van der Waals surface area contributed by atoms with Gasteiger partial charge < -0.3 is 5.32 Å². The van der Waals surface area contributed by atoms with Crippen molar-refractivity contribution in [2.75, 3.05) is 18.5 Å². The van der Waals surface area contributed by atoms with Crippen LogP contribution >= 0.6 is 15.9 Å². The summed E-state index contributed by atoms with van der Waals surface area (Å²) in [6.45, 7) is 0.427. The topological polar surface area (TPSA) is 37.8 Å². The van der Waals surface area contributed by atoms with Gasteiger partial charge in [-0.05, 0) is 25.0 Å². The summed E-state index contributed by atoms with van der Waals surface area (Å²) in [5, 5.41) is 4.07. The molecule has 0 amide bonds. The first-order chi connectivity index (χ1) is 8.31. The zero-order chi connectivity index (χ0) is 12.1. The Balaban J connectivity index is 2.10. The lowest BCUT2D eigenvalue weighted by Gasteiger charge is -2.05. The lowest BCUT2D eigenvalue weighted by atomic mass is 10.2. The number of halogens is 2. The summed E-state index contributed by atoms with van der Waals surface area (Å²) in [6.07, 6.45) is 3.15. The van der Waals surface area contributed by atoms with Gasteiger partial charge in [-0.1, -0.05) is 22.0 Å². The molecule has 0 spiro atoms. The number of benzene rings is 1. The fourth-order valence-corrected chi connectivity index (χ4v) is 1.98. The highest BCUT2D eigenvalue weighted by atomic mass is 79.9. The van der Waals surface area contributed by atoms with E-state index in [4.69, 9.17) is 0 Å². The van der Waals surface area contributed by atoms with Gasteiger partial charge in [0.15, 0.2) is 0 Å². The van der Waals surface area contributed by atoms with Crippen molar-refractivity contribution < 1.29 is 4.39 Å². The predicted octanol–water partition coefficient (Wildman–Crippen LogP) is 3.55. The van der Waals surface area contributed by atoms with Crippen molar-refractivity contribution in [3.63, 3.8) is 0 Å². The largest absolute Gasteiger partial charge is 0.354 e. The van der Waals surface area contributed by atoms with Gasteiger partial charge in [-0.15, -0.1) is 0 Å². The average Bonchev–Trinajstić information content (AvgIpc) is 2.35. The minimum Gasteiger partial charge on any atom is -0.354 e. The van der Waals surface area contributed by atoms with E-state index in [1.165, 1.54) is 0 Å². The lowest BCUT2D eigenvalue weighted by Crippen LogP contribution is -2.05. The van der Waals surface area contributed by atoms with Gasteiger partial charge in [-0.2, -0.15) is 0 Å². The number of alkyl halides is 1. The maximum absolute atomic E-state index is 11.9. The van der Waals surface area contributed by atoms with Gasteiger partial charge in [0.25, 0.3) is 0 Å². The molecule has 17 heavy (non-hydrogen) atoms.